The minimum atomic E-state index is -2.15. The van der Waals surface area contributed by atoms with E-state index in [1.807, 2.05) is 0 Å². The Hall–Kier alpha value is 0.530. The molecule has 0 rings (SSSR count). The molecule has 0 amide bonds. The van der Waals surface area contributed by atoms with Crippen molar-refractivity contribution in [3.8, 4) is 0 Å². The van der Waals surface area contributed by atoms with E-state index in [-0.39, 0.29) is 0 Å². The van der Waals surface area contributed by atoms with Gasteiger partial charge in [0.25, 0.3) is 6.64 Å². The summed E-state index contributed by atoms with van der Waals surface area (Å²) in [5, 5.41) is 2.93. The molecule has 0 aromatic heterocycles. The van der Waals surface area contributed by atoms with Gasteiger partial charge >= 0.3 is 0 Å². The van der Waals surface area contributed by atoms with Gasteiger partial charge in [0.1, 0.15) is 0 Å². The van der Waals surface area contributed by atoms with E-state index in [0.29, 0.717) is 13.2 Å². The molecule has 0 saturated heterocycles. The zero-order valence-corrected chi connectivity index (χ0v) is 9.71. The summed E-state index contributed by atoms with van der Waals surface area (Å²) in [5.41, 5.74) is 0. The smallest absolute Gasteiger partial charge is 0.260 e. The lowest BCUT2D eigenvalue weighted by molar-refractivity contribution is 0.241. The first-order chi connectivity index (χ1) is 5.68. The van der Waals surface area contributed by atoms with Crippen LogP contribution in [0.15, 0.2) is 0 Å². The average Bonchev–Trinajstić information content (AvgIpc) is 2.11. The summed E-state index contributed by atoms with van der Waals surface area (Å²) in [5.74, 6) is 0. The van der Waals surface area contributed by atoms with Crippen molar-refractivity contribution < 1.29 is 9.05 Å². The minimum Gasteiger partial charge on any atom is -0.318 e. The van der Waals surface area contributed by atoms with Crippen molar-refractivity contribution >= 4 is 18.4 Å². The molecule has 0 saturated carbocycles. The summed E-state index contributed by atoms with van der Waals surface area (Å²) in [7, 11) is 1.78. The molecule has 5 heteroatoms. The van der Waals surface area contributed by atoms with Gasteiger partial charge in [-0.1, -0.05) is 13.8 Å². The van der Waals surface area contributed by atoms with Crippen molar-refractivity contribution in [2.24, 2.45) is 0 Å². The van der Waals surface area contributed by atoms with Crippen LogP contribution in [0.3, 0.4) is 0 Å². The Bertz CT molecular complexity index is 142. The SMILES string of the molecule is CCCOP(=S)(NC)OCCC. The lowest BCUT2D eigenvalue weighted by atomic mass is 10.5. The molecule has 0 unspecified atom stereocenters. The largest absolute Gasteiger partial charge is 0.318 e. The molecule has 0 aromatic carbocycles. The summed E-state index contributed by atoms with van der Waals surface area (Å²) >= 11 is 5.19. The maximum atomic E-state index is 5.42. The van der Waals surface area contributed by atoms with Crippen LogP contribution in [0.25, 0.3) is 0 Å². The van der Waals surface area contributed by atoms with E-state index in [1.165, 1.54) is 0 Å². The van der Waals surface area contributed by atoms with Crippen molar-refractivity contribution in [3.63, 3.8) is 0 Å². The molecule has 74 valence electrons. The molecule has 0 aliphatic rings. The van der Waals surface area contributed by atoms with Crippen LogP contribution < -0.4 is 5.09 Å². The van der Waals surface area contributed by atoms with Gasteiger partial charge in [-0.25, -0.2) is 5.09 Å². The summed E-state index contributed by atoms with van der Waals surface area (Å²) in [6.07, 6.45) is 1.94. The van der Waals surface area contributed by atoms with E-state index < -0.39 is 6.64 Å². The van der Waals surface area contributed by atoms with Crippen molar-refractivity contribution in [2.75, 3.05) is 20.3 Å². The monoisotopic (exact) mass is 211 g/mol. The fraction of sp³-hybridized carbons (Fsp3) is 1.00. The van der Waals surface area contributed by atoms with Crippen LogP contribution in [-0.2, 0) is 20.9 Å². The van der Waals surface area contributed by atoms with Crippen LogP contribution in [0, 0.1) is 0 Å². The number of nitrogens with one attached hydrogen (secondary N) is 1. The highest BCUT2D eigenvalue weighted by molar-refractivity contribution is 8.08. The fourth-order valence-corrected chi connectivity index (χ4v) is 2.22. The van der Waals surface area contributed by atoms with Crippen molar-refractivity contribution in [1.29, 1.82) is 0 Å². The number of hydrogen-bond acceptors (Lipinski definition) is 3. The Morgan fingerprint density at radius 1 is 1.17 bits per heavy atom. The van der Waals surface area contributed by atoms with Crippen LogP contribution in [-0.4, -0.2) is 20.3 Å². The third-order valence-electron chi connectivity index (χ3n) is 1.20. The molecule has 1 N–H and O–H groups in total. The molecule has 0 fully saturated rings. The predicted molar refractivity (Wildman–Crippen MR) is 55.8 cm³/mol. The number of hydrogen-bond donors (Lipinski definition) is 1. The normalized spacial score (nSPS) is 11.9. The second-order valence-corrected chi connectivity index (χ2v) is 5.79. The average molecular weight is 211 g/mol. The molecule has 0 aliphatic carbocycles. The van der Waals surface area contributed by atoms with E-state index >= 15 is 0 Å². The minimum absolute atomic E-state index is 0.668. The van der Waals surface area contributed by atoms with Gasteiger partial charge in [0, 0.05) is 0 Å². The standard InChI is InChI=1S/C7H18NO2PS/c1-4-6-9-11(12,8-3)10-7-5-2/h4-7H2,1-3H3,(H,8,12). The van der Waals surface area contributed by atoms with Crippen LogP contribution in [0.2, 0.25) is 0 Å². The summed E-state index contributed by atoms with van der Waals surface area (Å²) < 4.78 is 10.8. The zero-order chi connectivity index (χ0) is 9.45. The van der Waals surface area contributed by atoms with Gasteiger partial charge < -0.3 is 9.05 Å². The third-order valence-corrected chi connectivity index (χ3v) is 3.98. The summed E-state index contributed by atoms with van der Waals surface area (Å²) in [6.45, 7) is 3.29. The maximum Gasteiger partial charge on any atom is 0.260 e. The van der Waals surface area contributed by atoms with Crippen molar-refractivity contribution in [1.82, 2.24) is 5.09 Å². The van der Waals surface area contributed by atoms with Gasteiger partial charge in [-0.3, -0.25) is 0 Å². The second kappa shape index (κ2) is 6.98. The van der Waals surface area contributed by atoms with Crippen LogP contribution in [0.1, 0.15) is 26.7 Å². The van der Waals surface area contributed by atoms with Crippen molar-refractivity contribution in [2.45, 2.75) is 26.7 Å². The molecular formula is C7H18NO2PS. The fourth-order valence-electron chi connectivity index (χ4n) is 0.589. The van der Waals surface area contributed by atoms with Gasteiger partial charge in [0.15, 0.2) is 0 Å². The number of rotatable bonds is 7. The van der Waals surface area contributed by atoms with Crippen LogP contribution >= 0.6 is 6.64 Å². The van der Waals surface area contributed by atoms with E-state index in [1.54, 1.807) is 7.05 Å². The van der Waals surface area contributed by atoms with Gasteiger partial charge in [-0.15, -0.1) is 0 Å². The van der Waals surface area contributed by atoms with Gasteiger partial charge in [-0.2, -0.15) is 0 Å². The van der Waals surface area contributed by atoms with E-state index in [9.17, 15) is 0 Å². The Morgan fingerprint density at radius 3 is 1.83 bits per heavy atom. The third kappa shape index (κ3) is 5.22. The first kappa shape index (κ1) is 12.5. The van der Waals surface area contributed by atoms with E-state index in [0.717, 1.165) is 12.8 Å². The highest BCUT2D eigenvalue weighted by Crippen LogP contribution is 2.43. The molecule has 0 spiro atoms. The molecule has 0 radical (unpaired) electrons. The predicted octanol–water partition coefficient (Wildman–Crippen LogP) is 2.28. The highest BCUT2D eigenvalue weighted by atomic mass is 32.5. The molecule has 3 nitrogen and oxygen atoms in total. The van der Waals surface area contributed by atoms with E-state index in [4.69, 9.17) is 20.9 Å². The Kier molecular flexibility index (Phi) is 7.29. The van der Waals surface area contributed by atoms with Gasteiger partial charge in [0.05, 0.1) is 13.2 Å². The van der Waals surface area contributed by atoms with E-state index in [2.05, 4.69) is 18.9 Å². The topological polar surface area (TPSA) is 30.5 Å². The van der Waals surface area contributed by atoms with Gasteiger partial charge in [0.2, 0.25) is 0 Å². The molecular weight excluding hydrogens is 193 g/mol. The Labute approximate surface area is 80.1 Å². The highest BCUT2D eigenvalue weighted by Gasteiger charge is 2.14. The second-order valence-electron chi connectivity index (χ2n) is 2.39. The lowest BCUT2D eigenvalue weighted by Crippen LogP contribution is -2.10. The van der Waals surface area contributed by atoms with Crippen molar-refractivity contribution in [3.05, 3.63) is 0 Å². The molecule has 0 aromatic rings. The van der Waals surface area contributed by atoms with Crippen LogP contribution in [0.4, 0.5) is 0 Å². The summed E-state index contributed by atoms with van der Waals surface area (Å²) in [4.78, 5) is 0. The maximum absolute atomic E-state index is 5.42. The molecule has 0 bridgehead atoms. The van der Waals surface area contributed by atoms with Crippen LogP contribution in [0.5, 0.6) is 0 Å². The Morgan fingerprint density at radius 2 is 1.58 bits per heavy atom. The summed E-state index contributed by atoms with van der Waals surface area (Å²) in [6, 6.07) is 0. The first-order valence-corrected chi connectivity index (χ1v) is 6.90. The molecule has 0 heterocycles. The first-order valence-electron chi connectivity index (χ1n) is 4.26. The molecule has 0 atom stereocenters. The molecule has 12 heavy (non-hydrogen) atoms. The lowest BCUT2D eigenvalue weighted by Gasteiger charge is -2.20. The quantitative estimate of drug-likeness (QED) is 0.654. The zero-order valence-electron chi connectivity index (χ0n) is 8.00. The molecule has 0 aliphatic heterocycles. The van der Waals surface area contributed by atoms with Gasteiger partial charge in [-0.05, 0) is 31.7 Å². The Balaban J connectivity index is 3.79.